The van der Waals surface area contributed by atoms with Gasteiger partial charge in [0.2, 0.25) is 11.8 Å². The van der Waals surface area contributed by atoms with Gasteiger partial charge in [0.1, 0.15) is 5.82 Å². The number of nitrogens with zero attached hydrogens (tertiary/aromatic N) is 2. The Kier molecular flexibility index (Phi) is 5.25. The van der Waals surface area contributed by atoms with E-state index in [4.69, 9.17) is 4.74 Å². The molecule has 2 aromatic rings. The second-order valence-corrected chi connectivity index (χ2v) is 7.02. The Morgan fingerprint density at radius 1 is 1.00 bits per heavy atom. The van der Waals surface area contributed by atoms with Crippen molar-refractivity contribution in [2.45, 2.75) is 6.42 Å². The highest BCUT2D eigenvalue weighted by Gasteiger charge is 2.35. The number of amides is 2. The molecule has 0 radical (unpaired) electrons. The molecule has 2 saturated heterocycles. The lowest BCUT2D eigenvalue weighted by Crippen LogP contribution is -2.36. The van der Waals surface area contributed by atoms with Gasteiger partial charge in [-0.1, -0.05) is 0 Å². The zero-order chi connectivity index (χ0) is 19.5. The predicted octanol–water partition coefficient (Wildman–Crippen LogP) is 2.65. The number of halogens is 1. The number of nitrogens with one attached hydrogen (secondary N) is 1. The van der Waals surface area contributed by atoms with E-state index in [1.807, 2.05) is 24.3 Å². The molecule has 0 spiro atoms. The monoisotopic (exact) mass is 383 g/mol. The first-order valence-electron chi connectivity index (χ1n) is 9.40. The van der Waals surface area contributed by atoms with Gasteiger partial charge in [-0.25, -0.2) is 4.39 Å². The summed E-state index contributed by atoms with van der Waals surface area (Å²) in [5.74, 6) is -1.10. The first kappa shape index (κ1) is 18.4. The van der Waals surface area contributed by atoms with Crippen molar-refractivity contribution >= 4 is 28.9 Å². The average molecular weight is 383 g/mol. The molecular weight excluding hydrogens is 361 g/mol. The predicted molar refractivity (Wildman–Crippen MR) is 105 cm³/mol. The van der Waals surface area contributed by atoms with E-state index in [0.29, 0.717) is 17.9 Å². The lowest BCUT2D eigenvalue weighted by molar-refractivity contribution is -0.122. The fraction of sp³-hybridized carbons (Fsp3) is 0.333. The van der Waals surface area contributed by atoms with Crippen LogP contribution < -0.4 is 15.1 Å². The van der Waals surface area contributed by atoms with E-state index in [1.54, 1.807) is 12.1 Å². The van der Waals surface area contributed by atoms with Gasteiger partial charge in [0, 0.05) is 43.1 Å². The van der Waals surface area contributed by atoms with Crippen LogP contribution in [0.15, 0.2) is 48.5 Å². The van der Waals surface area contributed by atoms with E-state index in [2.05, 4.69) is 10.2 Å². The topological polar surface area (TPSA) is 61.9 Å². The number of benzene rings is 2. The lowest BCUT2D eigenvalue weighted by atomic mass is 10.1. The molecule has 1 atom stereocenters. The van der Waals surface area contributed by atoms with Crippen LogP contribution >= 0.6 is 0 Å². The summed E-state index contributed by atoms with van der Waals surface area (Å²) in [7, 11) is 0. The Morgan fingerprint density at radius 3 is 2.32 bits per heavy atom. The van der Waals surface area contributed by atoms with E-state index in [-0.39, 0.29) is 24.1 Å². The Bertz CT molecular complexity index is 848. The molecule has 0 aromatic heterocycles. The van der Waals surface area contributed by atoms with Gasteiger partial charge in [-0.2, -0.15) is 0 Å². The molecule has 6 nitrogen and oxygen atoms in total. The van der Waals surface area contributed by atoms with Crippen LogP contribution in [0.2, 0.25) is 0 Å². The third-order valence-corrected chi connectivity index (χ3v) is 5.15. The molecular formula is C21H22FN3O3. The minimum atomic E-state index is -0.434. The molecule has 2 heterocycles. The third-order valence-electron chi connectivity index (χ3n) is 5.15. The quantitative estimate of drug-likeness (QED) is 0.882. The Balaban J connectivity index is 1.37. The molecule has 2 aromatic carbocycles. The molecule has 2 aliphatic heterocycles. The van der Waals surface area contributed by atoms with Crippen molar-refractivity contribution < 1.29 is 18.7 Å². The number of rotatable bonds is 4. The summed E-state index contributed by atoms with van der Waals surface area (Å²) >= 11 is 0. The van der Waals surface area contributed by atoms with E-state index >= 15 is 0 Å². The van der Waals surface area contributed by atoms with Crippen molar-refractivity contribution in [2.75, 3.05) is 48.0 Å². The third kappa shape index (κ3) is 3.99. The minimum absolute atomic E-state index is 0.130. The maximum absolute atomic E-state index is 13.1. The molecule has 7 heteroatoms. The molecule has 28 heavy (non-hydrogen) atoms. The smallest absolute Gasteiger partial charge is 0.229 e. The number of anilines is 3. The van der Waals surface area contributed by atoms with Crippen molar-refractivity contribution in [3.05, 3.63) is 54.3 Å². The highest BCUT2D eigenvalue weighted by molar-refractivity contribution is 6.03. The summed E-state index contributed by atoms with van der Waals surface area (Å²) in [5.41, 5.74) is 2.41. The SMILES string of the molecule is O=C(Nc1ccc(N2CCOCC2)cc1)[C@H]1CC(=O)N(c2ccc(F)cc2)C1. The van der Waals surface area contributed by atoms with Gasteiger partial charge in [0.15, 0.2) is 0 Å². The molecule has 4 rings (SSSR count). The van der Waals surface area contributed by atoms with Gasteiger partial charge in [0.05, 0.1) is 19.1 Å². The number of ether oxygens (including phenoxy) is 1. The molecule has 1 N–H and O–H groups in total. The summed E-state index contributed by atoms with van der Waals surface area (Å²) in [6.45, 7) is 3.45. The van der Waals surface area contributed by atoms with Gasteiger partial charge in [0.25, 0.3) is 0 Å². The van der Waals surface area contributed by atoms with Crippen LogP contribution in [0.1, 0.15) is 6.42 Å². The van der Waals surface area contributed by atoms with E-state index in [1.165, 1.54) is 17.0 Å². The van der Waals surface area contributed by atoms with Crippen molar-refractivity contribution in [3.63, 3.8) is 0 Å². The van der Waals surface area contributed by atoms with Crippen LogP contribution in [0.3, 0.4) is 0 Å². The van der Waals surface area contributed by atoms with Crippen LogP contribution in [0.25, 0.3) is 0 Å². The Labute approximate surface area is 162 Å². The molecule has 0 bridgehead atoms. The minimum Gasteiger partial charge on any atom is -0.378 e. The second kappa shape index (κ2) is 7.98. The van der Waals surface area contributed by atoms with Crippen molar-refractivity contribution in [3.8, 4) is 0 Å². The lowest BCUT2D eigenvalue weighted by Gasteiger charge is -2.28. The summed E-state index contributed by atoms with van der Waals surface area (Å²) in [4.78, 5) is 28.7. The summed E-state index contributed by atoms with van der Waals surface area (Å²) in [6, 6.07) is 13.4. The van der Waals surface area contributed by atoms with Crippen LogP contribution in [-0.2, 0) is 14.3 Å². The second-order valence-electron chi connectivity index (χ2n) is 7.02. The maximum atomic E-state index is 13.1. The van der Waals surface area contributed by atoms with Gasteiger partial charge in [-0.15, -0.1) is 0 Å². The van der Waals surface area contributed by atoms with Crippen molar-refractivity contribution in [1.82, 2.24) is 0 Å². The molecule has 0 aliphatic carbocycles. The highest BCUT2D eigenvalue weighted by atomic mass is 19.1. The van der Waals surface area contributed by atoms with Gasteiger partial charge < -0.3 is 19.9 Å². The number of morpholine rings is 1. The standard InChI is InChI=1S/C21H22FN3O3/c22-16-1-5-19(6-2-16)25-14-15(13-20(25)26)21(27)23-17-3-7-18(8-4-17)24-9-11-28-12-10-24/h1-8,15H,9-14H2,(H,23,27)/t15-/m0/s1. The fourth-order valence-electron chi connectivity index (χ4n) is 3.58. The molecule has 2 aliphatic rings. The average Bonchev–Trinajstić information content (AvgIpc) is 3.12. The number of hydrogen-bond donors (Lipinski definition) is 1. The van der Waals surface area contributed by atoms with Crippen molar-refractivity contribution in [1.29, 1.82) is 0 Å². The van der Waals surface area contributed by atoms with Gasteiger partial charge in [-0.3, -0.25) is 9.59 Å². The largest absolute Gasteiger partial charge is 0.378 e. The summed E-state index contributed by atoms with van der Waals surface area (Å²) in [5, 5.41) is 2.89. The van der Waals surface area contributed by atoms with Gasteiger partial charge >= 0.3 is 0 Å². The molecule has 2 fully saturated rings. The van der Waals surface area contributed by atoms with Crippen LogP contribution in [0.5, 0.6) is 0 Å². The summed E-state index contributed by atoms with van der Waals surface area (Å²) < 4.78 is 18.4. The number of carbonyl (C=O) groups is 2. The van der Waals surface area contributed by atoms with Crippen molar-refractivity contribution in [2.24, 2.45) is 5.92 Å². The molecule has 0 saturated carbocycles. The molecule has 2 amide bonds. The zero-order valence-corrected chi connectivity index (χ0v) is 15.4. The van der Waals surface area contributed by atoms with E-state index in [9.17, 15) is 14.0 Å². The van der Waals surface area contributed by atoms with E-state index < -0.39 is 5.92 Å². The molecule has 146 valence electrons. The highest BCUT2D eigenvalue weighted by Crippen LogP contribution is 2.26. The zero-order valence-electron chi connectivity index (χ0n) is 15.4. The first-order valence-corrected chi connectivity index (χ1v) is 9.40. The van der Waals surface area contributed by atoms with Crippen LogP contribution in [0, 0.1) is 11.7 Å². The summed E-state index contributed by atoms with van der Waals surface area (Å²) in [6.07, 6.45) is 0.148. The first-order chi connectivity index (χ1) is 13.6. The normalized spacial score (nSPS) is 19.8. The van der Waals surface area contributed by atoms with Gasteiger partial charge in [-0.05, 0) is 48.5 Å². The van der Waals surface area contributed by atoms with Crippen LogP contribution in [0.4, 0.5) is 21.5 Å². The number of carbonyl (C=O) groups excluding carboxylic acids is 2. The van der Waals surface area contributed by atoms with Crippen LogP contribution in [-0.4, -0.2) is 44.7 Å². The Hall–Kier alpha value is -2.93. The number of hydrogen-bond acceptors (Lipinski definition) is 4. The Morgan fingerprint density at radius 2 is 1.64 bits per heavy atom. The van der Waals surface area contributed by atoms with E-state index in [0.717, 1.165) is 32.0 Å². The fourth-order valence-corrected chi connectivity index (χ4v) is 3.58. The maximum Gasteiger partial charge on any atom is 0.229 e. The molecule has 0 unspecified atom stereocenters.